The van der Waals surface area contributed by atoms with Gasteiger partial charge in [-0.05, 0) is 20.8 Å². The Kier molecular flexibility index (Phi) is 4.57. The van der Waals surface area contributed by atoms with Crippen molar-refractivity contribution in [1.82, 2.24) is 4.90 Å². The molecule has 1 rings (SSSR count). The molecule has 0 aromatic heterocycles. The Balaban J connectivity index is 3.16. The average molecular weight is 283 g/mol. The zero-order valence-corrected chi connectivity index (χ0v) is 12.4. The van der Waals surface area contributed by atoms with Crippen LogP contribution >= 0.6 is 0 Å². The van der Waals surface area contributed by atoms with E-state index in [1.54, 1.807) is 20.8 Å². The Morgan fingerprint density at radius 2 is 2.05 bits per heavy atom. The first-order valence-electron chi connectivity index (χ1n) is 6.42. The molecule has 0 radical (unpaired) electrons. The van der Waals surface area contributed by atoms with Gasteiger partial charge >= 0.3 is 12.1 Å². The maximum absolute atomic E-state index is 12.2. The second-order valence-electron chi connectivity index (χ2n) is 5.65. The molecule has 6 heteroatoms. The van der Waals surface area contributed by atoms with E-state index < -0.39 is 23.2 Å². The molecule has 1 saturated heterocycles. The number of esters is 1. The summed E-state index contributed by atoms with van der Waals surface area (Å²) in [7, 11) is 1.19. The van der Waals surface area contributed by atoms with Crippen LogP contribution in [0, 0.1) is 0 Å². The smallest absolute Gasteiger partial charge is 0.411 e. The fraction of sp³-hybridized carbons (Fsp3) is 0.643. The minimum Gasteiger partial charge on any atom is -0.467 e. The van der Waals surface area contributed by atoms with Crippen LogP contribution in [0.3, 0.4) is 0 Å². The molecule has 1 aliphatic heterocycles. The minimum absolute atomic E-state index is 0.0117. The predicted octanol–water partition coefficient (Wildman–Crippen LogP) is 1.68. The van der Waals surface area contributed by atoms with Gasteiger partial charge in [0.15, 0.2) is 5.78 Å². The lowest BCUT2D eigenvalue weighted by Gasteiger charge is -2.34. The molecular weight excluding hydrogens is 262 g/mol. The molecule has 0 unspecified atom stereocenters. The third-order valence-corrected chi connectivity index (χ3v) is 3.06. The fourth-order valence-electron chi connectivity index (χ4n) is 2.23. The first-order valence-corrected chi connectivity index (χ1v) is 6.42. The monoisotopic (exact) mass is 283 g/mol. The van der Waals surface area contributed by atoms with Crippen LogP contribution in [0.4, 0.5) is 4.79 Å². The molecule has 1 atom stereocenters. The molecular formula is C14H21NO5. The highest BCUT2D eigenvalue weighted by molar-refractivity contribution is 6.12. The molecule has 1 fully saturated rings. The minimum atomic E-state index is -1.64. The molecule has 0 spiro atoms. The summed E-state index contributed by atoms with van der Waals surface area (Å²) < 4.78 is 9.97. The Labute approximate surface area is 118 Å². The van der Waals surface area contributed by atoms with E-state index >= 15 is 0 Å². The van der Waals surface area contributed by atoms with Gasteiger partial charge in [-0.15, -0.1) is 6.58 Å². The average Bonchev–Trinajstić information content (AvgIpc) is 2.65. The number of ether oxygens (including phenoxy) is 2. The zero-order valence-electron chi connectivity index (χ0n) is 12.4. The number of Topliss-reactive ketones (excluding diaryl/α,β-unsaturated/α-hetero) is 1. The number of hydrogen-bond donors (Lipinski definition) is 0. The summed E-state index contributed by atoms with van der Waals surface area (Å²) in [5, 5.41) is 0. The quantitative estimate of drug-likeness (QED) is 0.447. The van der Waals surface area contributed by atoms with Crippen LogP contribution in [-0.4, -0.2) is 47.5 Å². The van der Waals surface area contributed by atoms with Gasteiger partial charge in [-0.25, -0.2) is 9.59 Å². The summed E-state index contributed by atoms with van der Waals surface area (Å²) in [5.74, 6) is -1.11. The first kappa shape index (κ1) is 16.2. The van der Waals surface area contributed by atoms with Gasteiger partial charge in [0.25, 0.3) is 0 Å². The van der Waals surface area contributed by atoms with Crippen LogP contribution in [0.15, 0.2) is 12.7 Å². The number of carbonyl (C=O) groups excluding carboxylic acids is 3. The lowest BCUT2D eigenvalue weighted by Crippen LogP contribution is -2.58. The number of nitrogens with zero attached hydrogens (tertiary/aromatic N) is 1. The third kappa shape index (κ3) is 2.84. The molecule has 1 aliphatic rings. The number of hydrogen-bond acceptors (Lipinski definition) is 5. The van der Waals surface area contributed by atoms with Crippen LogP contribution in [0.25, 0.3) is 0 Å². The first-order chi connectivity index (χ1) is 9.19. The van der Waals surface area contributed by atoms with Gasteiger partial charge in [-0.1, -0.05) is 6.08 Å². The second-order valence-corrected chi connectivity index (χ2v) is 5.65. The predicted molar refractivity (Wildman–Crippen MR) is 72.1 cm³/mol. The summed E-state index contributed by atoms with van der Waals surface area (Å²) in [5.41, 5.74) is -2.35. The van der Waals surface area contributed by atoms with Crippen molar-refractivity contribution in [3.05, 3.63) is 12.7 Å². The number of rotatable bonds is 3. The maximum Gasteiger partial charge on any atom is 0.411 e. The van der Waals surface area contributed by atoms with Crippen molar-refractivity contribution in [2.75, 3.05) is 13.7 Å². The topological polar surface area (TPSA) is 72.9 Å². The van der Waals surface area contributed by atoms with Crippen LogP contribution in [0.1, 0.15) is 33.6 Å². The van der Waals surface area contributed by atoms with E-state index in [0.717, 1.165) is 4.90 Å². The highest BCUT2D eigenvalue weighted by Crippen LogP contribution is 2.32. The lowest BCUT2D eigenvalue weighted by atomic mass is 9.91. The SMILES string of the molecule is C=CC[C@@]1(C(=O)OC)C(=O)CCN1C(=O)OC(C)(C)C. The maximum atomic E-state index is 12.2. The van der Waals surface area contributed by atoms with Crippen LogP contribution in [0.2, 0.25) is 0 Å². The summed E-state index contributed by atoms with van der Waals surface area (Å²) in [4.78, 5) is 37.6. The van der Waals surface area contributed by atoms with Crippen LogP contribution in [-0.2, 0) is 19.1 Å². The Bertz CT molecular complexity index is 437. The number of carbonyl (C=O) groups is 3. The summed E-state index contributed by atoms with van der Waals surface area (Å²) >= 11 is 0. The molecule has 0 aliphatic carbocycles. The summed E-state index contributed by atoms with van der Waals surface area (Å²) in [6.45, 7) is 8.84. The third-order valence-electron chi connectivity index (χ3n) is 3.06. The van der Waals surface area contributed by atoms with E-state index in [2.05, 4.69) is 6.58 Å². The Hall–Kier alpha value is -1.85. The molecule has 0 aromatic rings. The number of amides is 1. The normalized spacial score (nSPS) is 22.6. The number of ketones is 1. The van der Waals surface area contributed by atoms with Gasteiger partial charge in [0, 0.05) is 19.4 Å². The van der Waals surface area contributed by atoms with Crippen molar-refractivity contribution >= 4 is 17.8 Å². The van der Waals surface area contributed by atoms with Crippen molar-refractivity contribution in [3.63, 3.8) is 0 Å². The molecule has 1 heterocycles. The molecule has 0 bridgehead atoms. The van der Waals surface area contributed by atoms with Crippen LogP contribution in [0.5, 0.6) is 0 Å². The zero-order chi connectivity index (χ0) is 15.6. The molecule has 0 N–H and O–H groups in total. The highest BCUT2D eigenvalue weighted by Gasteiger charge is 2.57. The fourth-order valence-corrected chi connectivity index (χ4v) is 2.23. The van der Waals surface area contributed by atoms with E-state index in [1.807, 2.05) is 0 Å². The summed E-state index contributed by atoms with van der Waals surface area (Å²) in [6, 6.07) is 0. The van der Waals surface area contributed by atoms with Crippen molar-refractivity contribution < 1.29 is 23.9 Å². The second kappa shape index (κ2) is 5.64. The lowest BCUT2D eigenvalue weighted by molar-refractivity contribution is -0.156. The van der Waals surface area contributed by atoms with Crippen molar-refractivity contribution in [2.45, 2.75) is 44.8 Å². The van der Waals surface area contributed by atoms with Gasteiger partial charge in [-0.3, -0.25) is 9.69 Å². The van der Waals surface area contributed by atoms with Gasteiger partial charge < -0.3 is 9.47 Å². The number of likely N-dealkylation sites (tertiary alicyclic amines) is 1. The summed E-state index contributed by atoms with van der Waals surface area (Å²) in [6.07, 6.45) is 0.841. The van der Waals surface area contributed by atoms with Gasteiger partial charge in [0.05, 0.1) is 7.11 Å². The molecule has 20 heavy (non-hydrogen) atoms. The van der Waals surface area contributed by atoms with E-state index in [1.165, 1.54) is 13.2 Å². The molecule has 6 nitrogen and oxygen atoms in total. The molecule has 0 aromatic carbocycles. The van der Waals surface area contributed by atoms with E-state index in [-0.39, 0.29) is 25.2 Å². The van der Waals surface area contributed by atoms with Gasteiger partial charge in [-0.2, -0.15) is 0 Å². The van der Waals surface area contributed by atoms with Crippen molar-refractivity contribution in [3.8, 4) is 0 Å². The molecule has 1 amide bonds. The largest absolute Gasteiger partial charge is 0.467 e. The van der Waals surface area contributed by atoms with E-state index in [9.17, 15) is 14.4 Å². The Morgan fingerprint density at radius 3 is 2.50 bits per heavy atom. The number of methoxy groups -OCH3 is 1. The van der Waals surface area contributed by atoms with Gasteiger partial charge in [0.1, 0.15) is 5.60 Å². The van der Waals surface area contributed by atoms with E-state index in [0.29, 0.717) is 0 Å². The Morgan fingerprint density at radius 1 is 1.45 bits per heavy atom. The molecule has 112 valence electrons. The van der Waals surface area contributed by atoms with Crippen molar-refractivity contribution in [2.24, 2.45) is 0 Å². The van der Waals surface area contributed by atoms with E-state index in [4.69, 9.17) is 9.47 Å². The van der Waals surface area contributed by atoms with Gasteiger partial charge in [0.2, 0.25) is 5.54 Å². The highest BCUT2D eigenvalue weighted by atomic mass is 16.6. The standard InChI is InChI=1S/C14H21NO5/c1-6-8-14(11(17)19-5)10(16)7-9-15(14)12(18)20-13(2,3)4/h6H,1,7-9H2,2-5H3/t14-/m0/s1. The molecule has 0 saturated carbocycles. The van der Waals surface area contributed by atoms with Crippen LogP contribution < -0.4 is 0 Å². The van der Waals surface area contributed by atoms with Crippen molar-refractivity contribution in [1.29, 1.82) is 0 Å².